The van der Waals surface area contributed by atoms with Crippen LogP contribution in [0.1, 0.15) is 41.9 Å². The molecule has 1 aromatic heterocycles. The molecular formula is C20H23N3O2. The number of aromatic nitrogens is 2. The molecule has 0 saturated heterocycles. The summed E-state index contributed by atoms with van der Waals surface area (Å²) in [6.45, 7) is 5.97. The summed E-state index contributed by atoms with van der Waals surface area (Å²) in [4.78, 5) is 16.6. The number of carbonyl (C=O) groups is 1. The van der Waals surface area contributed by atoms with E-state index in [1.807, 2.05) is 61.7 Å². The largest absolute Gasteiger partial charge is 0.480 e. The van der Waals surface area contributed by atoms with Gasteiger partial charge in [0.05, 0.1) is 11.0 Å². The Morgan fingerprint density at radius 2 is 1.84 bits per heavy atom. The minimum Gasteiger partial charge on any atom is -0.480 e. The number of carboxylic acid groups (broad SMARTS) is 1. The van der Waals surface area contributed by atoms with Crippen molar-refractivity contribution in [3.8, 4) is 0 Å². The lowest BCUT2D eigenvalue weighted by molar-refractivity contribution is -0.140. The second-order valence-electron chi connectivity index (χ2n) is 6.50. The van der Waals surface area contributed by atoms with E-state index in [9.17, 15) is 9.90 Å². The van der Waals surface area contributed by atoms with E-state index in [1.54, 1.807) is 0 Å². The van der Waals surface area contributed by atoms with Crippen molar-refractivity contribution in [3.63, 3.8) is 0 Å². The van der Waals surface area contributed by atoms with Gasteiger partial charge in [-0.2, -0.15) is 0 Å². The quantitative estimate of drug-likeness (QED) is 0.693. The number of aryl methyl sites for hydroxylation is 2. The van der Waals surface area contributed by atoms with Crippen LogP contribution in [-0.2, 0) is 11.2 Å². The Morgan fingerprint density at radius 1 is 1.20 bits per heavy atom. The minimum absolute atomic E-state index is 0.502. The Bertz CT molecular complexity index is 926. The fourth-order valence-electron chi connectivity index (χ4n) is 3.16. The van der Waals surface area contributed by atoms with Crippen LogP contribution < -0.4 is 5.73 Å². The van der Waals surface area contributed by atoms with Crippen LogP contribution in [0.3, 0.4) is 0 Å². The number of carboxylic acids is 1. The summed E-state index contributed by atoms with van der Waals surface area (Å²) in [6, 6.07) is 11.1. The molecule has 0 radical (unpaired) electrons. The molecule has 1 atom stereocenters. The fourth-order valence-corrected chi connectivity index (χ4v) is 3.16. The topological polar surface area (TPSA) is 81.1 Å². The standard InChI is InChI=1S/C20H23N3O2/c1-4-17(20(24)25)23-18-10-13(3)12(2)9-16(18)22-19(23)11-14-5-7-15(21)8-6-14/h5-10,17H,4,11,21H2,1-3H3,(H,24,25). The van der Waals surface area contributed by atoms with E-state index in [1.165, 1.54) is 0 Å². The molecule has 1 unspecified atom stereocenters. The van der Waals surface area contributed by atoms with Gasteiger partial charge in [0.15, 0.2) is 0 Å². The van der Waals surface area contributed by atoms with Gasteiger partial charge >= 0.3 is 5.97 Å². The molecule has 0 saturated carbocycles. The van der Waals surface area contributed by atoms with Gasteiger partial charge in [0.2, 0.25) is 0 Å². The van der Waals surface area contributed by atoms with E-state index in [2.05, 4.69) is 0 Å². The Hall–Kier alpha value is -2.82. The zero-order chi connectivity index (χ0) is 18.1. The lowest BCUT2D eigenvalue weighted by Crippen LogP contribution is -2.20. The third-order valence-electron chi connectivity index (χ3n) is 4.70. The number of nitrogens with zero attached hydrogens (tertiary/aromatic N) is 2. The zero-order valence-corrected chi connectivity index (χ0v) is 14.8. The van der Waals surface area contributed by atoms with Crippen molar-refractivity contribution < 1.29 is 9.90 Å². The maximum absolute atomic E-state index is 11.8. The van der Waals surface area contributed by atoms with Crippen LogP contribution in [0, 0.1) is 13.8 Å². The van der Waals surface area contributed by atoms with Gasteiger partial charge < -0.3 is 15.4 Å². The van der Waals surface area contributed by atoms with E-state index in [0.29, 0.717) is 18.5 Å². The van der Waals surface area contributed by atoms with E-state index in [0.717, 1.165) is 33.5 Å². The van der Waals surface area contributed by atoms with E-state index >= 15 is 0 Å². The molecule has 130 valence electrons. The first-order chi connectivity index (χ1) is 11.9. The number of imidazole rings is 1. The van der Waals surface area contributed by atoms with Crippen LogP contribution in [0.2, 0.25) is 0 Å². The summed E-state index contributed by atoms with van der Waals surface area (Å²) < 4.78 is 1.88. The van der Waals surface area contributed by atoms with Crippen LogP contribution in [0.5, 0.6) is 0 Å². The molecule has 0 amide bonds. The van der Waals surface area contributed by atoms with Crippen LogP contribution >= 0.6 is 0 Å². The van der Waals surface area contributed by atoms with Gasteiger partial charge in [0, 0.05) is 12.1 Å². The average Bonchev–Trinajstić information content (AvgIpc) is 2.88. The van der Waals surface area contributed by atoms with E-state index in [4.69, 9.17) is 10.7 Å². The second-order valence-corrected chi connectivity index (χ2v) is 6.50. The minimum atomic E-state index is -0.835. The molecule has 1 heterocycles. The van der Waals surface area contributed by atoms with Gasteiger partial charge in [-0.1, -0.05) is 19.1 Å². The van der Waals surface area contributed by atoms with Gasteiger partial charge in [0.25, 0.3) is 0 Å². The highest BCUT2D eigenvalue weighted by molar-refractivity contribution is 5.82. The number of nitrogen functional groups attached to an aromatic ring is 1. The number of anilines is 1. The summed E-state index contributed by atoms with van der Waals surface area (Å²) in [5.74, 6) is -0.0717. The highest BCUT2D eigenvalue weighted by Gasteiger charge is 2.24. The highest BCUT2D eigenvalue weighted by Crippen LogP contribution is 2.27. The van der Waals surface area contributed by atoms with Gasteiger partial charge in [0.1, 0.15) is 11.9 Å². The van der Waals surface area contributed by atoms with Crippen molar-refractivity contribution in [2.75, 3.05) is 5.73 Å². The normalized spacial score (nSPS) is 12.4. The number of aliphatic carboxylic acids is 1. The Labute approximate surface area is 147 Å². The average molecular weight is 337 g/mol. The molecule has 25 heavy (non-hydrogen) atoms. The molecule has 5 nitrogen and oxygen atoms in total. The molecule has 0 aliphatic heterocycles. The van der Waals surface area contributed by atoms with Crippen molar-refractivity contribution in [2.45, 2.75) is 39.7 Å². The van der Waals surface area contributed by atoms with Crippen molar-refractivity contribution >= 4 is 22.7 Å². The Morgan fingerprint density at radius 3 is 2.44 bits per heavy atom. The van der Waals surface area contributed by atoms with E-state index in [-0.39, 0.29) is 0 Å². The van der Waals surface area contributed by atoms with Crippen LogP contribution in [0.15, 0.2) is 36.4 Å². The van der Waals surface area contributed by atoms with Crippen molar-refractivity contribution in [2.24, 2.45) is 0 Å². The van der Waals surface area contributed by atoms with Gasteiger partial charge in [-0.3, -0.25) is 0 Å². The number of fused-ring (bicyclic) bond motifs is 1. The zero-order valence-electron chi connectivity index (χ0n) is 14.8. The Kier molecular flexibility index (Phi) is 4.49. The monoisotopic (exact) mass is 337 g/mol. The summed E-state index contributed by atoms with van der Waals surface area (Å²) in [5.41, 5.74) is 11.5. The number of benzene rings is 2. The summed E-state index contributed by atoms with van der Waals surface area (Å²) >= 11 is 0. The first-order valence-corrected chi connectivity index (χ1v) is 8.46. The SMILES string of the molecule is CCC(C(=O)O)n1c(Cc2ccc(N)cc2)nc2cc(C)c(C)cc21. The second kappa shape index (κ2) is 6.59. The first-order valence-electron chi connectivity index (χ1n) is 8.46. The molecule has 3 N–H and O–H groups in total. The molecule has 2 aromatic carbocycles. The van der Waals surface area contributed by atoms with Gasteiger partial charge in [-0.05, 0) is 61.2 Å². The lowest BCUT2D eigenvalue weighted by Gasteiger charge is -2.17. The molecule has 3 rings (SSSR count). The summed E-state index contributed by atoms with van der Waals surface area (Å²) in [7, 11) is 0. The molecule has 0 spiro atoms. The molecule has 5 heteroatoms. The number of hydrogen-bond acceptors (Lipinski definition) is 3. The van der Waals surface area contributed by atoms with Crippen molar-refractivity contribution in [1.29, 1.82) is 0 Å². The lowest BCUT2D eigenvalue weighted by atomic mass is 10.1. The number of hydrogen-bond donors (Lipinski definition) is 2. The first kappa shape index (κ1) is 17.0. The van der Waals surface area contributed by atoms with Gasteiger partial charge in [-0.25, -0.2) is 9.78 Å². The Balaban J connectivity index is 2.18. The predicted molar refractivity (Wildman–Crippen MR) is 99.8 cm³/mol. The molecule has 0 fully saturated rings. The smallest absolute Gasteiger partial charge is 0.326 e. The number of nitrogens with two attached hydrogens (primary N) is 1. The van der Waals surface area contributed by atoms with Crippen molar-refractivity contribution in [1.82, 2.24) is 9.55 Å². The van der Waals surface area contributed by atoms with Crippen LogP contribution in [0.25, 0.3) is 11.0 Å². The van der Waals surface area contributed by atoms with Crippen molar-refractivity contribution in [3.05, 3.63) is 58.9 Å². The fraction of sp³-hybridized carbons (Fsp3) is 0.300. The molecule has 0 aliphatic carbocycles. The maximum Gasteiger partial charge on any atom is 0.326 e. The van der Waals surface area contributed by atoms with Crippen LogP contribution in [0.4, 0.5) is 5.69 Å². The third kappa shape index (κ3) is 3.22. The molecule has 3 aromatic rings. The van der Waals surface area contributed by atoms with E-state index < -0.39 is 12.0 Å². The number of rotatable bonds is 5. The maximum atomic E-state index is 11.8. The third-order valence-corrected chi connectivity index (χ3v) is 4.70. The molecular weight excluding hydrogens is 314 g/mol. The van der Waals surface area contributed by atoms with Gasteiger partial charge in [-0.15, -0.1) is 0 Å². The molecule has 0 aliphatic rings. The predicted octanol–water partition coefficient (Wildman–Crippen LogP) is 3.86. The summed E-state index contributed by atoms with van der Waals surface area (Å²) in [6.07, 6.45) is 1.07. The highest BCUT2D eigenvalue weighted by atomic mass is 16.4. The molecule has 0 bridgehead atoms. The van der Waals surface area contributed by atoms with Crippen LogP contribution in [-0.4, -0.2) is 20.6 Å². The summed E-state index contributed by atoms with van der Waals surface area (Å²) in [5, 5.41) is 9.69.